The van der Waals surface area contributed by atoms with Crippen LogP contribution in [0.1, 0.15) is 5.69 Å². The molecule has 0 aliphatic carbocycles. The maximum atomic E-state index is 10.7. The molecule has 0 radical (unpaired) electrons. The van der Waals surface area contributed by atoms with E-state index in [0.29, 0.717) is 11.3 Å². The number of rotatable bonds is 2. The van der Waals surface area contributed by atoms with Gasteiger partial charge >= 0.3 is 0 Å². The summed E-state index contributed by atoms with van der Waals surface area (Å²) in [6, 6.07) is 7.43. The first-order valence-corrected chi connectivity index (χ1v) is 4.27. The summed E-state index contributed by atoms with van der Waals surface area (Å²) in [5.74, 6) is 0. The fourth-order valence-electron chi connectivity index (χ4n) is 1.21. The molecule has 0 N–H and O–H groups in total. The Morgan fingerprint density at radius 3 is 3.00 bits per heavy atom. The Morgan fingerprint density at radius 2 is 2.23 bits per heavy atom. The monoisotopic (exact) mass is 193 g/mol. The second-order valence-electron chi connectivity index (χ2n) is 2.70. The number of benzene rings is 1. The number of thiol groups is 1. The molecule has 0 aliphatic heterocycles. The van der Waals surface area contributed by atoms with E-state index >= 15 is 0 Å². The van der Waals surface area contributed by atoms with Crippen LogP contribution in [0.25, 0.3) is 11.0 Å². The number of nitrogens with zero attached hydrogens (tertiary/aromatic N) is 1. The summed E-state index contributed by atoms with van der Waals surface area (Å²) in [5, 5.41) is 4.46. The maximum absolute atomic E-state index is 10.7. The van der Waals surface area contributed by atoms with Crippen LogP contribution in [0.15, 0.2) is 28.8 Å². The summed E-state index contributed by atoms with van der Waals surface area (Å²) < 4.78 is 5.01. The zero-order valence-corrected chi connectivity index (χ0v) is 7.62. The maximum Gasteiger partial charge on any atom is 0.192 e. The van der Waals surface area contributed by atoms with Gasteiger partial charge in [-0.1, -0.05) is 17.3 Å². The van der Waals surface area contributed by atoms with Crippen LogP contribution in [0.2, 0.25) is 0 Å². The standard InChI is InChI=1S/C9H7NO2S/c11-9(13)5-7-6-3-1-2-4-8(6)12-10-7/h1-4H,5H2,(H,11,13). The van der Waals surface area contributed by atoms with Crippen LogP contribution in [0.3, 0.4) is 0 Å². The first-order valence-electron chi connectivity index (χ1n) is 3.82. The van der Waals surface area contributed by atoms with Gasteiger partial charge in [-0.3, -0.25) is 4.79 Å². The van der Waals surface area contributed by atoms with Gasteiger partial charge in [-0.05, 0) is 12.1 Å². The van der Waals surface area contributed by atoms with E-state index in [0.717, 1.165) is 5.39 Å². The van der Waals surface area contributed by atoms with Crippen LogP contribution < -0.4 is 0 Å². The molecular weight excluding hydrogens is 186 g/mol. The molecule has 0 amide bonds. The van der Waals surface area contributed by atoms with E-state index in [4.69, 9.17) is 4.52 Å². The molecule has 2 aromatic rings. The van der Waals surface area contributed by atoms with Crippen LogP contribution in [0, 0.1) is 0 Å². The minimum Gasteiger partial charge on any atom is -0.356 e. The Kier molecular flexibility index (Phi) is 2.06. The van der Waals surface area contributed by atoms with Crippen molar-refractivity contribution in [2.45, 2.75) is 6.42 Å². The van der Waals surface area contributed by atoms with Gasteiger partial charge in [0.25, 0.3) is 0 Å². The van der Waals surface area contributed by atoms with Crippen molar-refractivity contribution in [1.82, 2.24) is 5.16 Å². The Morgan fingerprint density at radius 1 is 1.46 bits per heavy atom. The van der Waals surface area contributed by atoms with Crippen molar-refractivity contribution >= 4 is 28.7 Å². The molecule has 3 nitrogen and oxygen atoms in total. The normalized spacial score (nSPS) is 10.5. The Balaban J connectivity index is 2.51. The van der Waals surface area contributed by atoms with Crippen molar-refractivity contribution < 1.29 is 9.32 Å². The number of hydrogen-bond donors (Lipinski definition) is 1. The van der Waals surface area contributed by atoms with E-state index in [1.807, 2.05) is 24.3 Å². The van der Waals surface area contributed by atoms with Crippen LogP contribution in [-0.2, 0) is 11.2 Å². The van der Waals surface area contributed by atoms with E-state index in [1.54, 1.807) is 0 Å². The molecule has 0 saturated heterocycles. The SMILES string of the molecule is O=C(S)Cc1noc2ccccc12. The fraction of sp³-hybridized carbons (Fsp3) is 0.111. The van der Waals surface area contributed by atoms with Gasteiger partial charge < -0.3 is 4.52 Å². The first kappa shape index (κ1) is 8.31. The van der Waals surface area contributed by atoms with Gasteiger partial charge in [-0.15, -0.1) is 12.6 Å². The van der Waals surface area contributed by atoms with E-state index in [2.05, 4.69) is 17.8 Å². The number of hydrogen-bond acceptors (Lipinski definition) is 3. The number of aromatic nitrogens is 1. The number of para-hydroxylation sites is 1. The van der Waals surface area contributed by atoms with Crippen LogP contribution in [0.4, 0.5) is 0 Å². The molecule has 13 heavy (non-hydrogen) atoms. The van der Waals surface area contributed by atoms with Gasteiger partial charge in [-0.2, -0.15) is 0 Å². The molecule has 0 atom stereocenters. The predicted molar refractivity (Wildman–Crippen MR) is 51.7 cm³/mol. The van der Waals surface area contributed by atoms with Gasteiger partial charge in [0.1, 0.15) is 0 Å². The number of carbonyl (C=O) groups is 1. The molecule has 4 heteroatoms. The van der Waals surface area contributed by atoms with E-state index < -0.39 is 0 Å². The molecule has 0 aliphatic rings. The van der Waals surface area contributed by atoms with Crippen molar-refractivity contribution in [3.63, 3.8) is 0 Å². The van der Waals surface area contributed by atoms with Crippen molar-refractivity contribution in [3.8, 4) is 0 Å². The zero-order chi connectivity index (χ0) is 9.26. The molecule has 2 rings (SSSR count). The molecule has 0 unspecified atom stereocenters. The lowest BCUT2D eigenvalue weighted by atomic mass is 10.2. The molecule has 0 spiro atoms. The van der Waals surface area contributed by atoms with E-state index in [1.165, 1.54) is 0 Å². The number of fused-ring (bicyclic) bond motifs is 1. The van der Waals surface area contributed by atoms with Gasteiger partial charge in [0.05, 0.1) is 12.1 Å². The summed E-state index contributed by atoms with van der Waals surface area (Å²) in [6.07, 6.45) is 0.208. The van der Waals surface area contributed by atoms with Crippen molar-refractivity contribution in [3.05, 3.63) is 30.0 Å². The predicted octanol–water partition coefficient (Wildman–Crippen LogP) is 1.83. The van der Waals surface area contributed by atoms with Gasteiger partial charge in [0, 0.05) is 5.39 Å². The summed E-state index contributed by atoms with van der Waals surface area (Å²) in [5.41, 5.74) is 1.35. The van der Waals surface area contributed by atoms with Crippen molar-refractivity contribution in [1.29, 1.82) is 0 Å². The Labute approximate surface area is 80.1 Å². The lowest BCUT2D eigenvalue weighted by Crippen LogP contribution is -1.93. The Bertz CT molecular complexity index is 450. The van der Waals surface area contributed by atoms with Crippen molar-refractivity contribution in [2.75, 3.05) is 0 Å². The molecule has 0 fully saturated rings. The highest BCUT2D eigenvalue weighted by Crippen LogP contribution is 2.18. The third-order valence-corrected chi connectivity index (χ3v) is 1.93. The smallest absolute Gasteiger partial charge is 0.192 e. The van der Waals surface area contributed by atoms with Crippen LogP contribution in [-0.4, -0.2) is 10.3 Å². The van der Waals surface area contributed by atoms with E-state index in [-0.39, 0.29) is 11.5 Å². The molecule has 1 heterocycles. The first-order chi connectivity index (χ1) is 6.27. The van der Waals surface area contributed by atoms with Crippen molar-refractivity contribution in [2.24, 2.45) is 0 Å². The van der Waals surface area contributed by atoms with Gasteiger partial charge in [0.2, 0.25) is 0 Å². The zero-order valence-electron chi connectivity index (χ0n) is 6.73. The lowest BCUT2D eigenvalue weighted by molar-refractivity contribution is -0.110. The Hall–Kier alpha value is -1.29. The minimum absolute atomic E-state index is 0.208. The molecule has 0 bridgehead atoms. The topological polar surface area (TPSA) is 43.1 Å². The van der Waals surface area contributed by atoms with Crippen LogP contribution in [0.5, 0.6) is 0 Å². The highest BCUT2D eigenvalue weighted by atomic mass is 32.1. The molecule has 66 valence electrons. The highest BCUT2D eigenvalue weighted by molar-refractivity contribution is 7.96. The molecular formula is C9H7NO2S. The average molecular weight is 193 g/mol. The average Bonchev–Trinajstić information content (AvgIpc) is 2.48. The summed E-state index contributed by atoms with van der Waals surface area (Å²) in [6.45, 7) is 0. The van der Waals surface area contributed by atoms with Gasteiger partial charge in [-0.25, -0.2) is 0 Å². The fourth-order valence-corrected chi connectivity index (χ4v) is 1.36. The second kappa shape index (κ2) is 3.22. The van der Waals surface area contributed by atoms with Gasteiger partial charge in [0.15, 0.2) is 10.7 Å². The molecule has 0 saturated carbocycles. The summed E-state index contributed by atoms with van der Waals surface area (Å²) >= 11 is 3.69. The third-order valence-electron chi connectivity index (χ3n) is 1.77. The second-order valence-corrected chi connectivity index (χ2v) is 3.19. The minimum atomic E-state index is -0.209. The largest absolute Gasteiger partial charge is 0.356 e. The lowest BCUT2D eigenvalue weighted by Gasteiger charge is -1.88. The summed E-state index contributed by atoms with van der Waals surface area (Å²) in [7, 11) is 0. The van der Waals surface area contributed by atoms with E-state index in [9.17, 15) is 4.79 Å². The molecule has 1 aromatic heterocycles. The van der Waals surface area contributed by atoms with Crippen LogP contribution >= 0.6 is 12.6 Å². The molecule has 1 aromatic carbocycles. The highest BCUT2D eigenvalue weighted by Gasteiger charge is 2.08. The third kappa shape index (κ3) is 1.58. The number of carbonyl (C=O) groups excluding carboxylic acids is 1. The quantitative estimate of drug-likeness (QED) is 0.740. The summed E-state index contributed by atoms with van der Waals surface area (Å²) in [4.78, 5) is 10.7.